The first kappa shape index (κ1) is 13.4. The highest BCUT2D eigenvalue weighted by Gasteiger charge is 2.44. The Labute approximate surface area is 117 Å². The second kappa shape index (κ2) is 4.76. The lowest BCUT2D eigenvalue weighted by atomic mass is 10.1. The standard InChI is InChI=1S/C10H12ClFN6O2/c11-8-6-9(15-10(13)14-8)18(17-16-6)4-1-3(2-19)7(20)5(4)12/h3-5,7,19-20H,1-2H2,(H2,13,14,15)/t3-,4-,5-,7-/m1/s1. The summed E-state index contributed by atoms with van der Waals surface area (Å²) in [5.74, 6) is -0.623. The predicted molar refractivity (Wildman–Crippen MR) is 67.7 cm³/mol. The summed E-state index contributed by atoms with van der Waals surface area (Å²) >= 11 is 5.87. The van der Waals surface area contributed by atoms with Gasteiger partial charge in [0.15, 0.2) is 16.3 Å². The summed E-state index contributed by atoms with van der Waals surface area (Å²) in [6, 6.07) is -0.780. The second-order valence-corrected chi connectivity index (χ2v) is 5.12. The van der Waals surface area contributed by atoms with Gasteiger partial charge in [0.1, 0.15) is 6.17 Å². The molecule has 0 unspecified atom stereocenters. The van der Waals surface area contributed by atoms with Crippen LogP contribution in [0.5, 0.6) is 0 Å². The molecule has 20 heavy (non-hydrogen) atoms. The van der Waals surface area contributed by atoms with Crippen LogP contribution in [0.15, 0.2) is 0 Å². The number of hydrogen-bond acceptors (Lipinski definition) is 7. The molecule has 0 spiro atoms. The van der Waals surface area contributed by atoms with Gasteiger partial charge in [0, 0.05) is 12.5 Å². The Balaban J connectivity index is 2.07. The minimum Gasteiger partial charge on any atom is -0.396 e. The molecule has 1 aliphatic rings. The van der Waals surface area contributed by atoms with Gasteiger partial charge in [-0.25, -0.2) is 9.07 Å². The van der Waals surface area contributed by atoms with Gasteiger partial charge in [-0.15, -0.1) is 5.10 Å². The molecule has 3 rings (SSSR count). The maximum absolute atomic E-state index is 14.2. The number of alkyl halides is 1. The fourth-order valence-electron chi connectivity index (χ4n) is 2.52. The lowest BCUT2D eigenvalue weighted by Crippen LogP contribution is -2.27. The third-order valence-electron chi connectivity index (χ3n) is 3.57. The summed E-state index contributed by atoms with van der Waals surface area (Å²) in [5, 5.41) is 26.5. The summed E-state index contributed by atoms with van der Waals surface area (Å²) in [4.78, 5) is 7.70. The zero-order valence-electron chi connectivity index (χ0n) is 10.2. The third-order valence-corrected chi connectivity index (χ3v) is 3.83. The van der Waals surface area contributed by atoms with Crippen LogP contribution >= 0.6 is 11.6 Å². The number of nitrogen functional groups attached to an aromatic ring is 1. The smallest absolute Gasteiger partial charge is 0.223 e. The Kier molecular flexibility index (Phi) is 3.19. The quantitative estimate of drug-likeness (QED) is 0.651. The van der Waals surface area contributed by atoms with Crippen LogP contribution in [0, 0.1) is 5.92 Å². The molecular weight excluding hydrogens is 291 g/mol. The second-order valence-electron chi connectivity index (χ2n) is 4.76. The average molecular weight is 303 g/mol. The minimum atomic E-state index is -1.58. The number of fused-ring (bicyclic) bond motifs is 1. The summed E-state index contributed by atoms with van der Waals surface area (Å²) in [6.45, 7) is -0.303. The van der Waals surface area contributed by atoms with E-state index in [0.717, 1.165) is 0 Å². The molecular formula is C10H12ClFN6O2. The average Bonchev–Trinajstić information content (AvgIpc) is 2.93. The SMILES string of the molecule is Nc1nc(Cl)c2nnn([C@@H]3C[C@H](CO)[C@@H](O)[C@@H]3F)c2n1. The first-order chi connectivity index (χ1) is 9.52. The highest BCUT2D eigenvalue weighted by atomic mass is 35.5. The van der Waals surface area contributed by atoms with Gasteiger partial charge in [-0.2, -0.15) is 9.97 Å². The van der Waals surface area contributed by atoms with Crippen molar-refractivity contribution in [3.05, 3.63) is 5.15 Å². The van der Waals surface area contributed by atoms with E-state index in [-0.39, 0.29) is 35.3 Å². The van der Waals surface area contributed by atoms with E-state index in [9.17, 15) is 9.50 Å². The van der Waals surface area contributed by atoms with Crippen molar-refractivity contribution in [3.8, 4) is 0 Å². The van der Waals surface area contributed by atoms with Crippen LogP contribution in [0.25, 0.3) is 11.2 Å². The molecule has 2 heterocycles. The fraction of sp³-hybridized carbons (Fsp3) is 0.600. The van der Waals surface area contributed by atoms with E-state index >= 15 is 0 Å². The maximum Gasteiger partial charge on any atom is 0.223 e. The van der Waals surface area contributed by atoms with E-state index in [4.69, 9.17) is 22.4 Å². The molecule has 1 fully saturated rings. The molecule has 0 aliphatic heterocycles. The number of aromatic nitrogens is 5. The van der Waals surface area contributed by atoms with Gasteiger partial charge in [-0.05, 0) is 6.42 Å². The van der Waals surface area contributed by atoms with Gasteiger partial charge >= 0.3 is 0 Å². The monoisotopic (exact) mass is 302 g/mol. The van der Waals surface area contributed by atoms with Crippen molar-refractivity contribution in [2.75, 3.05) is 12.3 Å². The molecule has 10 heteroatoms. The van der Waals surface area contributed by atoms with Crippen molar-refractivity contribution in [2.24, 2.45) is 5.92 Å². The Morgan fingerprint density at radius 2 is 2.20 bits per heavy atom. The first-order valence-electron chi connectivity index (χ1n) is 5.99. The van der Waals surface area contributed by atoms with Crippen molar-refractivity contribution >= 4 is 28.7 Å². The number of nitrogens with zero attached hydrogens (tertiary/aromatic N) is 5. The Morgan fingerprint density at radius 3 is 2.85 bits per heavy atom. The number of anilines is 1. The minimum absolute atomic E-state index is 0.0337. The lowest BCUT2D eigenvalue weighted by molar-refractivity contribution is 0.0392. The predicted octanol–water partition coefficient (Wildman–Crippen LogP) is -0.291. The molecule has 0 saturated heterocycles. The van der Waals surface area contributed by atoms with E-state index < -0.39 is 24.2 Å². The molecule has 2 aromatic rings. The van der Waals surface area contributed by atoms with Crippen LogP contribution < -0.4 is 5.73 Å². The first-order valence-corrected chi connectivity index (χ1v) is 6.37. The number of hydrogen-bond donors (Lipinski definition) is 3. The van der Waals surface area contributed by atoms with Crippen LogP contribution in [0.2, 0.25) is 5.15 Å². The lowest BCUT2D eigenvalue weighted by Gasteiger charge is -2.14. The van der Waals surface area contributed by atoms with Crippen LogP contribution in [0.1, 0.15) is 12.5 Å². The van der Waals surface area contributed by atoms with Crippen molar-refractivity contribution < 1.29 is 14.6 Å². The third kappa shape index (κ3) is 1.89. The van der Waals surface area contributed by atoms with Gasteiger partial charge in [-0.1, -0.05) is 16.8 Å². The van der Waals surface area contributed by atoms with Crippen LogP contribution in [-0.4, -0.2) is 54.1 Å². The van der Waals surface area contributed by atoms with E-state index in [1.54, 1.807) is 0 Å². The molecule has 0 amide bonds. The molecule has 4 atom stereocenters. The normalized spacial score (nSPS) is 30.2. The van der Waals surface area contributed by atoms with E-state index in [2.05, 4.69) is 20.3 Å². The molecule has 4 N–H and O–H groups in total. The molecule has 0 radical (unpaired) electrons. The van der Waals surface area contributed by atoms with Gasteiger partial charge in [0.05, 0.1) is 12.1 Å². The van der Waals surface area contributed by atoms with Gasteiger partial charge in [0.2, 0.25) is 5.95 Å². The highest BCUT2D eigenvalue weighted by Crippen LogP contribution is 2.38. The molecule has 1 aliphatic carbocycles. The molecule has 8 nitrogen and oxygen atoms in total. The summed E-state index contributed by atoms with van der Waals surface area (Å²) in [5.41, 5.74) is 5.93. The largest absolute Gasteiger partial charge is 0.396 e. The molecule has 108 valence electrons. The molecule has 2 aromatic heterocycles. The maximum atomic E-state index is 14.2. The Morgan fingerprint density at radius 1 is 1.45 bits per heavy atom. The van der Waals surface area contributed by atoms with Gasteiger partial charge in [0.25, 0.3) is 0 Å². The van der Waals surface area contributed by atoms with Crippen LogP contribution in [0.3, 0.4) is 0 Å². The number of aliphatic hydroxyl groups excluding tert-OH is 2. The number of rotatable bonds is 2. The summed E-state index contributed by atoms with van der Waals surface area (Å²) in [7, 11) is 0. The molecule has 0 bridgehead atoms. The van der Waals surface area contributed by atoms with Gasteiger partial charge < -0.3 is 15.9 Å². The van der Waals surface area contributed by atoms with E-state index in [1.807, 2.05) is 0 Å². The van der Waals surface area contributed by atoms with E-state index in [0.29, 0.717) is 0 Å². The topological polar surface area (TPSA) is 123 Å². The number of halogens is 2. The van der Waals surface area contributed by atoms with E-state index in [1.165, 1.54) is 4.68 Å². The number of nitrogens with two attached hydrogens (primary N) is 1. The molecule has 0 aromatic carbocycles. The van der Waals surface area contributed by atoms with Crippen molar-refractivity contribution in [2.45, 2.75) is 24.7 Å². The van der Waals surface area contributed by atoms with Crippen LogP contribution in [-0.2, 0) is 0 Å². The Bertz CT molecular complexity index is 652. The van der Waals surface area contributed by atoms with Gasteiger partial charge in [-0.3, -0.25) is 0 Å². The van der Waals surface area contributed by atoms with Crippen LogP contribution in [0.4, 0.5) is 10.3 Å². The fourth-order valence-corrected chi connectivity index (χ4v) is 2.73. The summed E-state index contributed by atoms with van der Waals surface area (Å²) < 4.78 is 15.4. The zero-order valence-corrected chi connectivity index (χ0v) is 10.9. The van der Waals surface area contributed by atoms with Crippen molar-refractivity contribution in [3.63, 3.8) is 0 Å². The summed E-state index contributed by atoms with van der Waals surface area (Å²) in [6.07, 6.45) is -2.61. The zero-order chi connectivity index (χ0) is 14.4. The molecule has 1 saturated carbocycles. The number of aliphatic hydroxyl groups is 2. The Hall–Kier alpha value is -1.58. The highest BCUT2D eigenvalue weighted by molar-refractivity contribution is 6.33. The van der Waals surface area contributed by atoms with Crippen molar-refractivity contribution in [1.82, 2.24) is 25.0 Å². The van der Waals surface area contributed by atoms with Crippen molar-refractivity contribution in [1.29, 1.82) is 0 Å².